The Morgan fingerprint density at radius 3 is 2.27 bits per heavy atom. The van der Waals surface area contributed by atoms with E-state index in [4.69, 9.17) is 32.7 Å². The summed E-state index contributed by atoms with van der Waals surface area (Å²) in [4.78, 5) is 12.2. The zero-order valence-electron chi connectivity index (χ0n) is 12.2. The van der Waals surface area contributed by atoms with Gasteiger partial charge in [-0.05, 0) is 29.8 Å². The number of benzene rings is 2. The van der Waals surface area contributed by atoms with Gasteiger partial charge in [-0.15, -0.1) is 0 Å². The Morgan fingerprint density at radius 1 is 1.05 bits per heavy atom. The molecule has 0 aromatic heterocycles. The summed E-state index contributed by atoms with van der Waals surface area (Å²) in [5, 5.41) is 3.42. The van der Waals surface area contributed by atoms with Gasteiger partial charge in [0.2, 0.25) is 0 Å². The van der Waals surface area contributed by atoms with E-state index in [2.05, 4.69) is 5.32 Å². The smallest absolute Gasteiger partial charge is 0.254 e. The highest BCUT2D eigenvalue weighted by atomic mass is 35.5. The molecule has 0 aliphatic carbocycles. The SMILES string of the molecule is COc1ccc(CNC(=O)c2c(Cl)cccc2Cl)cc1OC. The first kappa shape index (κ1) is 16.5. The van der Waals surface area contributed by atoms with Crippen molar-refractivity contribution in [1.29, 1.82) is 0 Å². The number of methoxy groups -OCH3 is 2. The predicted octanol–water partition coefficient (Wildman–Crippen LogP) is 3.94. The summed E-state index contributed by atoms with van der Waals surface area (Å²) < 4.78 is 10.4. The second kappa shape index (κ2) is 7.38. The van der Waals surface area contributed by atoms with Crippen molar-refractivity contribution in [3.05, 3.63) is 57.6 Å². The minimum absolute atomic E-state index is 0.270. The van der Waals surface area contributed by atoms with Crippen LogP contribution in [-0.4, -0.2) is 20.1 Å². The van der Waals surface area contributed by atoms with E-state index in [1.807, 2.05) is 6.07 Å². The van der Waals surface area contributed by atoms with Gasteiger partial charge in [0.25, 0.3) is 5.91 Å². The molecule has 0 fully saturated rings. The lowest BCUT2D eigenvalue weighted by molar-refractivity contribution is 0.0951. The maximum Gasteiger partial charge on any atom is 0.254 e. The number of hydrogen-bond acceptors (Lipinski definition) is 3. The van der Waals surface area contributed by atoms with Gasteiger partial charge in [-0.1, -0.05) is 35.3 Å². The summed E-state index contributed by atoms with van der Waals surface area (Å²) in [6, 6.07) is 10.4. The van der Waals surface area contributed by atoms with E-state index in [0.29, 0.717) is 28.1 Å². The van der Waals surface area contributed by atoms with Gasteiger partial charge in [-0.3, -0.25) is 4.79 Å². The topological polar surface area (TPSA) is 47.6 Å². The van der Waals surface area contributed by atoms with Crippen LogP contribution in [0.1, 0.15) is 15.9 Å². The molecule has 0 radical (unpaired) electrons. The normalized spacial score (nSPS) is 10.2. The van der Waals surface area contributed by atoms with Crippen LogP contribution in [0.2, 0.25) is 10.0 Å². The molecule has 0 heterocycles. The van der Waals surface area contributed by atoms with Crippen LogP contribution in [0.25, 0.3) is 0 Å². The summed E-state index contributed by atoms with van der Waals surface area (Å²) in [5.41, 5.74) is 1.14. The van der Waals surface area contributed by atoms with Gasteiger partial charge in [0, 0.05) is 6.54 Å². The number of carbonyl (C=O) groups is 1. The summed E-state index contributed by atoms with van der Waals surface area (Å²) >= 11 is 12.0. The molecule has 0 unspecified atom stereocenters. The van der Waals surface area contributed by atoms with Crippen molar-refractivity contribution in [2.24, 2.45) is 0 Å². The number of nitrogens with one attached hydrogen (secondary N) is 1. The third-order valence-corrected chi connectivity index (χ3v) is 3.72. The summed E-state index contributed by atoms with van der Waals surface area (Å²) in [5.74, 6) is 0.905. The highest BCUT2D eigenvalue weighted by Gasteiger charge is 2.14. The molecule has 6 heteroatoms. The Balaban J connectivity index is 2.11. The Labute approximate surface area is 138 Å². The minimum Gasteiger partial charge on any atom is -0.493 e. The monoisotopic (exact) mass is 339 g/mol. The molecule has 0 bridgehead atoms. The quantitative estimate of drug-likeness (QED) is 0.897. The molecule has 0 saturated heterocycles. The van der Waals surface area contributed by atoms with E-state index in [-0.39, 0.29) is 11.5 Å². The van der Waals surface area contributed by atoms with Gasteiger partial charge in [0.15, 0.2) is 11.5 Å². The number of amides is 1. The van der Waals surface area contributed by atoms with E-state index >= 15 is 0 Å². The van der Waals surface area contributed by atoms with Crippen molar-refractivity contribution in [2.45, 2.75) is 6.54 Å². The van der Waals surface area contributed by atoms with Crippen molar-refractivity contribution in [2.75, 3.05) is 14.2 Å². The van der Waals surface area contributed by atoms with Crippen LogP contribution in [0.5, 0.6) is 11.5 Å². The lowest BCUT2D eigenvalue weighted by Gasteiger charge is -2.11. The molecule has 1 amide bonds. The van der Waals surface area contributed by atoms with Crippen LogP contribution in [0, 0.1) is 0 Å². The molecule has 2 aromatic carbocycles. The van der Waals surface area contributed by atoms with Crippen LogP contribution < -0.4 is 14.8 Å². The predicted molar refractivity (Wildman–Crippen MR) is 87.2 cm³/mol. The molecule has 1 N–H and O–H groups in total. The Kier molecular flexibility index (Phi) is 5.52. The average molecular weight is 340 g/mol. The molecule has 0 aliphatic heterocycles. The first-order valence-electron chi connectivity index (χ1n) is 6.50. The number of carbonyl (C=O) groups excluding carboxylic acids is 1. The second-order valence-corrected chi connectivity index (χ2v) is 5.28. The van der Waals surface area contributed by atoms with Gasteiger partial charge in [-0.2, -0.15) is 0 Å². The van der Waals surface area contributed by atoms with E-state index in [0.717, 1.165) is 5.56 Å². The maximum atomic E-state index is 12.2. The van der Waals surface area contributed by atoms with E-state index < -0.39 is 0 Å². The van der Waals surface area contributed by atoms with Crippen molar-refractivity contribution in [1.82, 2.24) is 5.32 Å². The second-order valence-electron chi connectivity index (χ2n) is 4.47. The van der Waals surface area contributed by atoms with Gasteiger partial charge >= 0.3 is 0 Å². The highest BCUT2D eigenvalue weighted by Crippen LogP contribution is 2.28. The summed E-state index contributed by atoms with van der Waals surface area (Å²) in [6.45, 7) is 0.320. The molecule has 22 heavy (non-hydrogen) atoms. The fourth-order valence-corrected chi connectivity index (χ4v) is 2.55. The zero-order valence-corrected chi connectivity index (χ0v) is 13.7. The van der Waals surface area contributed by atoms with Crippen LogP contribution in [0.4, 0.5) is 0 Å². The lowest BCUT2D eigenvalue weighted by atomic mass is 10.1. The zero-order chi connectivity index (χ0) is 16.1. The summed E-state index contributed by atoms with van der Waals surface area (Å²) in [6.07, 6.45) is 0. The molecule has 0 aliphatic rings. The molecule has 4 nitrogen and oxygen atoms in total. The first-order valence-corrected chi connectivity index (χ1v) is 7.25. The van der Waals surface area contributed by atoms with Crippen molar-refractivity contribution < 1.29 is 14.3 Å². The van der Waals surface area contributed by atoms with Crippen molar-refractivity contribution >= 4 is 29.1 Å². The fourth-order valence-electron chi connectivity index (χ4n) is 1.98. The third kappa shape index (κ3) is 3.64. The molecular weight excluding hydrogens is 325 g/mol. The number of halogens is 2. The van der Waals surface area contributed by atoms with Crippen LogP contribution >= 0.6 is 23.2 Å². The van der Waals surface area contributed by atoms with Gasteiger partial charge < -0.3 is 14.8 Å². The number of rotatable bonds is 5. The van der Waals surface area contributed by atoms with Gasteiger partial charge in [-0.25, -0.2) is 0 Å². The maximum absolute atomic E-state index is 12.2. The van der Waals surface area contributed by atoms with Gasteiger partial charge in [0.1, 0.15) is 0 Å². The standard InChI is InChI=1S/C16H15Cl2NO3/c1-21-13-7-6-10(8-14(13)22-2)9-19-16(20)15-11(17)4-3-5-12(15)18/h3-8H,9H2,1-2H3,(H,19,20). The molecule has 0 saturated carbocycles. The fraction of sp³-hybridized carbons (Fsp3) is 0.188. The van der Waals surface area contributed by atoms with Crippen LogP contribution in [-0.2, 0) is 6.54 Å². The average Bonchev–Trinajstić information content (AvgIpc) is 2.52. The Morgan fingerprint density at radius 2 is 1.68 bits per heavy atom. The molecule has 0 atom stereocenters. The van der Waals surface area contributed by atoms with E-state index in [1.54, 1.807) is 44.6 Å². The molecular formula is C16H15Cl2NO3. The van der Waals surface area contributed by atoms with E-state index in [9.17, 15) is 4.79 Å². The number of ether oxygens (including phenoxy) is 2. The van der Waals surface area contributed by atoms with Crippen LogP contribution in [0.3, 0.4) is 0 Å². The lowest BCUT2D eigenvalue weighted by Crippen LogP contribution is -2.23. The van der Waals surface area contributed by atoms with Crippen LogP contribution in [0.15, 0.2) is 36.4 Å². The van der Waals surface area contributed by atoms with E-state index in [1.165, 1.54) is 0 Å². The minimum atomic E-state index is -0.328. The van der Waals surface area contributed by atoms with Crippen molar-refractivity contribution in [3.63, 3.8) is 0 Å². The van der Waals surface area contributed by atoms with Crippen molar-refractivity contribution in [3.8, 4) is 11.5 Å². The largest absolute Gasteiger partial charge is 0.493 e. The highest BCUT2D eigenvalue weighted by molar-refractivity contribution is 6.39. The van der Waals surface area contributed by atoms with Gasteiger partial charge in [0.05, 0.1) is 29.8 Å². The molecule has 0 spiro atoms. The number of hydrogen-bond donors (Lipinski definition) is 1. The molecule has 2 rings (SSSR count). The summed E-state index contributed by atoms with van der Waals surface area (Å²) in [7, 11) is 3.13. The molecule has 116 valence electrons. The Hall–Kier alpha value is -1.91. The Bertz CT molecular complexity index is 669. The molecule has 2 aromatic rings. The first-order chi connectivity index (χ1) is 10.6. The third-order valence-electron chi connectivity index (χ3n) is 3.09.